The van der Waals surface area contributed by atoms with E-state index >= 15 is 0 Å². The third-order valence-electron chi connectivity index (χ3n) is 3.34. The molecule has 1 aliphatic rings. The Morgan fingerprint density at radius 2 is 2.24 bits per heavy atom. The van der Waals surface area contributed by atoms with Gasteiger partial charge >= 0.3 is 0 Å². The first-order valence-electron chi connectivity index (χ1n) is 5.70. The number of fused-ring (bicyclic) bond motifs is 2. The largest absolute Gasteiger partial charge is 0.398 e. The molecule has 0 bridgehead atoms. The Balaban J connectivity index is 2.28. The van der Waals surface area contributed by atoms with Gasteiger partial charge < -0.3 is 10.6 Å². The first-order valence-corrected chi connectivity index (χ1v) is 6.49. The second-order valence-corrected chi connectivity index (χ2v) is 5.52. The zero-order valence-electron chi connectivity index (χ0n) is 9.70. The number of rotatable bonds is 0. The van der Waals surface area contributed by atoms with Crippen molar-refractivity contribution in [3.05, 3.63) is 33.9 Å². The van der Waals surface area contributed by atoms with Gasteiger partial charge in [-0.3, -0.25) is 4.98 Å². The Morgan fingerprint density at radius 1 is 1.41 bits per heavy atom. The van der Waals surface area contributed by atoms with Crippen molar-refractivity contribution in [1.29, 1.82) is 0 Å². The summed E-state index contributed by atoms with van der Waals surface area (Å²) in [6, 6.07) is 6.08. The first kappa shape index (κ1) is 11.0. The van der Waals surface area contributed by atoms with Crippen molar-refractivity contribution in [3.63, 3.8) is 0 Å². The van der Waals surface area contributed by atoms with Crippen LogP contribution in [0.1, 0.15) is 11.3 Å². The van der Waals surface area contributed by atoms with Gasteiger partial charge in [-0.1, -0.05) is 15.9 Å². The van der Waals surface area contributed by atoms with Crippen molar-refractivity contribution in [2.45, 2.75) is 13.0 Å². The molecule has 0 spiro atoms. The number of pyridine rings is 1. The summed E-state index contributed by atoms with van der Waals surface area (Å²) in [5.41, 5.74) is 10.5. The molecule has 0 amide bonds. The van der Waals surface area contributed by atoms with Crippen LogP contribution in [0, 0.1) is 0 Å². The van der Waals surface area contributed by atoms with Gasteiger partial charge in [-0.15, -0.1) is 0 Å². The van der Waals surface area contributed by atoms with E-state index < -0.39 is 0 Å². The highest BCUT2D eigenvalue weighted by Crippen LogP contribution is 2.30. The minimum atomic E-state index is 0.893. The second kappa shape index (κ2) is 3.96. The lowest BCUT2D eigenvalue weighted by molar-refractivity contribution is 0.311. The highest BCUT2D eigenvalue weighted by atomic mass is 79.9. The molecule has 2 heterocycles. The Labute approximate surface area is 109 Å². The number of hydrogen-bond donors (Lipinski definition) is 1. The van der Waals surface area contributed by atoms with Gasteiger partial charge in [0.15, 0.2) is 0 Å². The Hall–Kier alpha value is -1.13. The fourth-order valence-electron chi connectivity index (χ4n) is 2.38. The lowest BCUT2D eigenvalue weighted by atomic mass is 10.0. The van der Waals surface area contributed by atoms with Crippen LogP contribution in [-0.2, 0) is 13.0 Å². The first-order chi connectivity index (χ1) is 8.15. The molecular weight excluding hydrogens is 278 g/mol. The standard InChI is InChI=1S/C13H14BrN3/c1-17-5-4-11-10(7-17)13(15)9-3-2-8(14)6-12(9)16-11/h2-3,6H,4-5,7H2,1H3,(H2,15,16). The number of hydrogen-bond acceptors (Lipinski definition) is 3. The van der Waals surface area contributed by atoms with Crippen LogP contribution >= 0.6 is 15.9 Å². The molecule has 17 heavy (non-hydrogen) atoms. The fraction of sp³-hybridized carbons (Fsp3) is 0.308. The molecule has 1 aromatic heterocycles. The van der Waals surface area contributed by atoms with Crippen LogP contribution in [-0.4, -0.2) is 23.5 Å². The molecule has 0 fully saturated rings. The summed E-state index contributed by atoms with van der Waals surface area (Å²) in [4.78, 5) is 7.02. The molecule has 1 aliphatic heterocycles. The number of nitrogens with two attached hydrogens (primary N) is 1. The van der Waals surface area contributed by atoms with Crippen LogP contribution in [0.15, 0.2) is 22.7 Å². The van der Waals surface area contributed by atoms with Gasteiger partial charge in [0.05, 0.1) is 5.52 Å². The van der Waals surface area contributed by atoms with Gasteiger partial charge in [-0.2, -0.15) is 0 Å². The SMILES string of the molecule is CN1CCc2nc3cc(Br)ccc3c(N)c2C1. The van der Waals surface area contributed by atoms with E-state index in [2.05, 4.69) is 27.9 Å². The third-order valence-corrected chi connectivity index (χ3v) is 3.83. The highest BCUT2D eigenvalue weighted by molar-refractivity contribution is 9.10. The summed E-state index contributed by atoms with van der Waals surface area (Å²) in [7, 11) is 2.12. The molecular formula is C13H14BrN3. The molecule has 0 saturated heterocycles. The molecule has 0 unspecified atom stereocenters. The Morgan fingerprint density at radius 3 is 3.06 bits per heavy atom. The lowest BCUT2D eigenvalue weighted by Crippen LogP contribution is -2.28. The lowest BCUT2D eigenvalue weighted by Gasteiger charge is -2.26. The predicted octanol–water partition coefficient (Wildman–Crippen LogP) is 2.57. The van der Waals surface area contributed by atoms with E-state index in [0.717, 1.165) is 46.3 Å². The van der Waals surface area contributed by atoms with E-state index in [4.69, 9.17) is 10.7 Å². The molecule has 0 aliphatic carbocycles. The Bertz CT molecular complexity index is 595. The van der Waals surface area contributed by atoms with E-state index in [1.165, 1.54) is 5.56 Å². The molecule has 2 aromatic rings. The minimum Gasteiger partial charge on any atom is -0.398 e. The van der Waals surface area contributed by atoms with Crippen LogP contribution in [0.5, 0.6) is 0 Å². The number of likely N-dealkylation sites (N-methyl/N-ethyl adjacent to an activating group) is 1. The van der Waals surface area contributed by atoms with Gasteiger partial charge in [-0.05, 0) is 25.2 Å². The minimum absolute atomic E-state index is 0.893. The maximum absolute atomic E-state index is 6.27. The summed E-state index contributed by atoms with van der Waals surface area (Å²) in [5.74, 6) is 0. The molecule has 2 N–H and O–H groups in total. The van der Waals surface area contributed by atoms with Crippen LogP contribution in [0.25, 0.3) is 10.9 Å². The smallest absolute Gasteiger partial charge is 0.0737 e. The number of nitrogen functional groups attached to an aromatic ring is 1. The zero-order chi connectivity index (χ0) is 12.0. The average molecular weight is 292 g/mol. The third kappa shape index (κ3) is 1.81. The second-order valence-electron chi connectivity index (χ2n) is 4.60. The predicted molar refractivity (Wildman–Crippen MR) is 73.9 cm³/mol. The topological polar surface area (TPSA) is 42.2 Å². The van der Waals surface area contributed by atoms with Gasteiger partial charge in [0.2, 0.25) is 0 Å². The summed E-state index contributed by atoms with van der Waals surface area (Å²) in [6.07, 6.45) is 0.985. The summed E-state index contributed by atoms with van der Waals surface area (Å²) < 4.78 is 1.05. The van der Waals surface area contributed by atoms with E-state index in [0.29, 0.717) is 0 Å². The molecule has 88 valence electrons. The molecule has 0 atom stereocenters. The molecule has 0 saturated carbocycles. The van der Waals surface area contributed by atoms with Crippen LogP contribution in [0.3, 0.4) is 0 Å². The number of halogens is 1. The van der Waals surface area contributed by atoms with Gasteiger partial charge in [0, 0.05) is 46.3 Å². The van der Waals surface area contributed by atoms with Crippen molar-refractivity contribution in [2.75, 3.05) is 19.3 Å². The maximum Gasteiger partial charge on any atom is 0.0737 e. The van der Waals surface area contributed by atoms with Crippen molar-refractivity contribution in [3.8, 4) is 0 Å². The van der Waals surface area contributed by atoms with Gasteiger partial charge in [0.25, 0.3) is 0 Å². The quantitative estimate of drug-likeness (QED) is 0.811. The molecule has 4 heteroatoms. The fourth-order valence-corrected chi connectivity index (χ4v) is 2.73. The molecule has 3 rings (SSSR count). The zero-order valence-corrected chi connectivity index (χ0v) is 11.3. The molecule has 3 nitrogen and oxygen atoms in total. The Kier molecular flexibility index (Phi) is 2.56. The van der Waals surface area contributed by atoms with Gasteiger partial charge in [-0.25, -0.2) is 0 Å². The van der Waals surface area contributed by atoms with E-state index in [1.807, 2.05) is 18.2 Å². The summed E-state index contributed by atoms with van der Waals surface area (Å²) in [5, 5.41) is 1.06. The summed E-state index contributed by atoms with van der Waals surface area (Å²) in [6.45, 7) is 1.96. The number of benzene rings is 1. The normalized spacial score (nSPS) is 16.1. The van der Waals surface area contributed by atoms with Crippen LogP contribution in [0.2, 0.25) is 0 Å². The maximum atomic E-state index is 6.27. The number of aromatic nitrogens is 1. The number of anilines is 1. The van der Waals surface area contributed by atoms with Crippen LogP contribution < -0.4 is 5.73 Å². The average Bonchev–Trinajstić information content (AvgIpc) is 2.30. The van der Waals surface area contributed by atoms with E-state index in [-0.39, 0.29) is 0 Å². The van der Waals surface area contributed by atoms with Crippen molar-refractivity contribution < 1.29 is 0 Å². The van der Waals surface area contributed by atoms with Crippen LogP contribution in [0.4, 0.5) is 5.69 Å². The molecule has 1 aromatic carbocycles. The van der Waals surface area contributed by atoms with E-state index in [1.54, 1.807) is 0 Å². The van der Waals surface area contributed by atoms with Crippen molar-refractivity contribution in [2.24, 2.45) is 0 Å². The van der Waals surface area contributed by atoms with E-state index in [9.17, 15) is 0 Å². The summed E-state index contributed by atoms with van der Waals surface area (Å²) >= 11 is 3.47. The highest BCUT2D eigenvalue weighted by Gasteiger charge is 2.19. The molecule has 0 radical (unpaired) electrons. The van der Waals surface area contributed by atoms with Crippen molar-refractivity contribution >= 4 is 32.5 Å². The van der Waals surface area contributed by atoms with Gasteiger partial charge in [0.1, 0.15) is 0 Å². The number of nitrogens with zero attached hydrogens (tertiary/aromatic N) is 2. The van der Waals surface area contributed by atoms with Crippen molar-refractivity contribution in [1.82, 2.24) is 9.88 Å². The monoisotopic (exact) mass is 291 g/mol.